The van der Waals surface area contributed by atoms with E-state index in [1.54, 1.807) is 7.11 Å². The zero-order valence-corrected chi connectivity index (χ0v) is 22.4. The second-order valence-corrected chi connectivity index (χ2v) is 9.14. The van der Waals surface area contributed by atoms with Crippen LogP contribution in [0.1, 0.15) is 95.1 Å². The molecule has 0 amide bonds. The fourth-order valence-electron chi connectivity index (χ4n) is 3.86. The van der Waals surface area contributed by atoms with Gasteiger partial charge in [0.15, 0.2) is 0 Å². The van der Waals surface area contributed by atoms with Crippen molar-refractivity contribution in [3.8, 4) is 0 Å². The van der Waals surface area contributed by atoms with Crippen LogP contribution >= 0.6 is 0 Å². The lowest BCUT2D eigenvalue weighted by Gasteiger charge is -2.13. The minimum Gasteiger partial charge on any atom is -0.382 e. The van der Waals surface area contributed by atoms with Crippen LogP contribution in [-0.2, 0) is 30.3 Å². The molecular weight excluding hydrogens is 428 g/mol. The average Bonchev–Trinajstić information content (AvgIpc) is 2.86. The van der Waals surface area contributed by atoms with Crippen molar-refractivity contribution in [1.29, 1.82) is 0 Å². The Bertz CT molecular complexity index is 534. The number of hydrogen-bond acceptors (Lipinski definition) is 5. The van der Waals surface area contributed by atoms with Crippen molar-refractivity contribution in [2.24, 2.45) is 0 Å². The van der Waals surface area contributed by atoms with Gasteiger partial charge in [-0.3, -0.25) is 0 Å². The second kappa shape index (κ2) is 23.7. The molecule has 0 fully saturated rings. The molecule has 0 heterocycles. The normalized spacial score (nSPS) is 12.3. The van der Waals surface area contributed by atoms with Gasteiger partial charge in [0.25, 0.3) is 0 Å². The molecule has 0 radical (unpaired) electrons. The van der Waals surface area contributed by atoms with Crippen LogP contribution < -0.4 is 0 Å². The van der Waals surface area contributed by atoms with Crippen molar-refractivity contribution in [3.63, 3.8) is 0 Å². The molecule has 1 rings (SSSR count). The highest BCUT2D eigenvalue weighted by molar-refractivity contribution is 5.24. The van der Waals surface area contributed by atoms with E-state index in [4.69, 9.17) is 23.7 Å². The van der Waals surface area contributed by atoms with Crippen LogP contribution in [0, 0.1) is 0 Å². The van der Waals surface area contributed by atoms with Gasteiger partial charge in [0.05, 0.1) is 59.5 Å². The zero-order chi connectivity index (χ0) is 24.5. The van der Waals surface area contributed by atoms with Crippen LogP contribution in [0.4, 0.5) is 0 Å². The fourth-order valence-corrected chi connectivity index (χ4v) is 3.86. The Morgan fingerprint density at radius 1 is 0.588 bits per heavy atom. The molecule has 1 aromatic rings. The molecule has 5 nitrogen and oxygen atoms in total. The first-order valence-corrected chi connectivity index (χ1v) is 13.7. The molecule has 0 saturated heterocycles. The summed E-state index contributed by atoms with van der Waals surface area (Å²) in [6.45, 7) is 9.99. The van der Waals surface area contributed by atoms with Crippen LogP contribution in [0.3, 0.4) is 0 Å². The molecule has 0 saturated carbocycles. The molecule has 0 aliphatic carbocycles. The Hall–Kier alpha value is -0.980. The summed E-state index contributed by atoms with van der Waals surface area (Å²) in [5.41, 5.74) is 2.66. The molecule has 0 bridgehead atoms. The van der Waals surface area contributed by atoms with Gasteiger partial charge in [-0.05, 0) is 23.5 Å². The molecule has 0 spiro atoms. The van der Waals surface area contributed by atoms with Crippen LogP contribution in [0.25, 0.3) is 0 Å². The summed E-state index contributed by atoms with van der Waals surface area (Å²) in [7, 11) is 1.66. The van der Waals surface area contributed by atoms with E-state index in [2.05, 4.69) is 38.1 Å². The minimum atomic E-state index is 0.576. The van der Waals surface area contributed by atoms with Crippen LogP contribution in [-0.4, -0.2) is 60.0 Å². The van der Waals surface area contributed by atoms with Gasteiger partial charge in [-0.1, -0.05) is 95.9 Å². The maximum atomic E-state index is 5.74. The van der Waals surface area contributed by atoms with E-state index in [-0.39, 0.29) is 0 Å². The van der Waals surface area contributed by atoms with Gasteiger partial charge >= 0.3 is 0 Å². The van der Waals surface area contributed by atoms with Gasteiger partial charge in [-0.25, -0.2) is 0 Å². The summed E-state index contributed by atoms with van der Waals surface area (Å²) in [5, 5.41) is 0. The number of rotatable bonds is 25. The zero-order valence-electron chi connectivity index (χ0n) is 22.4. The van der Waals surface area contributed by atoms with Crippen LogP contribution in [0.2, 0.25) is 0 Å². The summed E-state index contributed by atoms with van der Waals surface area (Å²) in [5.74, 6) is 0.632. The van der Waals surface area contributed by atoms with Gasteiger partial charge in [0.1, 0.15) is 0 Å². The third kappa shape index (κ3) is 18.4. The first-order valence-electron chi connectivity index (χ1n) is 13.7. The summed E-state index contributed by atoms with van der Waals surface area (Å²) >= 11 is 0. The van der Waals surface area contributed by atoms with E-state index in [1.807, 2.05) is 0 Å². The van der Waals surface area contributed by atoms with E-state index in [0.29, 0.717) is 65.4 Å². The molecule has 0 aromatic heterocycles. The van der Waals surface area contributed by atoms with Crippen molar-refractivity contribution in [2.45, 2.75) is 90.6 Å². The molecule has 34 heavy (non-hydrogen) atoms. The van der Waals surface area contributed by atoms with Crippen LogP contribution in [0.5, 0.6) is 0 Å². The monoisotopic (exact) mass is 480 g/mol. The lowest BCUT2D eigenvalue weighted by Crippen LogP contribution is -2.12. The predicted molar refractivity (Wildman–Crippen MR) is 141 cm³/mol. The molecule has 1 atom stereocenters. The quantitative estimate of drug-likeness (QED) is 0.142. The topological polar surface area (TPSA) is 46.2 Å². The molecule has 0 aliphatic rings. The fraction of sp³-hybridized carbons (Fsp3) is 0.793. The van der Waals surface area contributed by atoms with Crippen molar-refractivity contribution in [3.05, 3.63) is 35.4 Å². The SMILES string of the molecule is CCCCCCCCCCCC(C)c1ccc(COCCOCCOCCOCCOC)cc1. The molecule has 1 unspecified atom stereocenters. The molecular formula is C29H52O5. The Morgan fingerprint density at radius 2 is 1.06 bits per heavy atom. The Morgan fingerprint density at radius 3 is 1.59 bits per heavy atom. The first kappa shape index (κ1) is 31.1. The molecule has 198 valence electrons. The van der Waals surface area contributed by atoms with Gasteiger partial charge < -0.3 is 23.7 Å². The van der Waals surface area contributed by atoms with E-state index in [1.165, 1.54) is 75.3 Å². The number of unbranched alkanes of at least 4 members (excludes halogenated alkanes) is 8. The maximum Gasteiger partial charge on any atom is 0.0718 e. The number of hydrogen-bond donors (Lipinski definition) is 0. The lowest BCUT2D eigenvalue weighted by molar-refractivity contribution is -0.00948. The largest absolute Gasteiger partial charge is 0.382 e. The average molecular weight is 481 g/mol. The highest BCUT2D eigenvalue weighted by Gasteiger charge is 2.05. The summed E-state index contributed by atoms with van der Waals surface area (Å²) in [4.78, 5) is 0. The summed E-state index contributed by atoms with van der Waals surface area (Å²) in [6.07, 6.45) is 13.8. The summed E-state index contributed by atoms with van der Waals surface area (Å²) < 4.78 is 27.0. The predicted octanol–water partition coefficient (Wildman–Crippen LogP) is 6.92. The van der Waals surface area contributed by atoms with Gasteiger partial charge in [-0.2, -0.15) is 0 Å². The van der Waals surface area contributed by atoms with E-state index in [0.717, 1.165) is 0 Å². The molecule has 0 N–H and O–H groups in total. The molecule has 5 heteroatoms. The van der Waals surface area contributed by atoms with Gasteiger partial charge in [-0.15, -0.1) is 0 Å². The highest BCUT2D eigenvalue weighted by atomic mass is 16.6. The van der Waals surface area contributed by atoms with E-state index < -0.39 is 0 Å². The Labute approximate surface area is 209 Å². The Balaban J connectivity index is 1.95. The van der Waals surface area contributed by atoms with Gasteiger partial charge in [0, 0.05) is 7.11 Å². The minimum absolute atomic E-state index is 0.576. The van der Waals surface area contributed by atoms with Crippen molar-refractivity contribution in [2.75, 3.05) is 60.0 Å². The number of methoxy groups -OCH3 is 1. The number of ether oxygens (including phenoxy) is 5. The highest BCUT2D eigenvalue weighted by Crippen LogP contribution is 2.23. The van der Waals surface area contributed by atoms with Crippen molar-refractivity contribution in [1.82, 2.24) is 0 Å². The summed E-state index contributed by atoms with van der Waals surface area (Å²) in [6, 6.07) is 8.94. The maximum absolute atomic E-state index is 5.74. The second-order valence-electron chi connectivity index (χ2n) is 9.14. The third-order valence-electron chi connectivity index (χ3n) is 6.11. The first-order chi connectivity index (χ1) is 16.8. The lowest BCUT2D eigenvalue weighted by atomic mass is 9.94. The Kier molecular flexibility index (Phi) is 21.7. The smallest absolute Gasteiger partial charge is 0.0718 e. The standard InChI is InChI=1S/C29H52O5/c1-4-5-6-7-8-9-10-11-12-13-27(2)29-16-14-28(15-17-29)26-34-25-24-33-23-22-32-21-20-31-19-18-30-3/h14-17,27H,4-13,18-26H2,1-3H3. The van der Waals surface area contributed by atoms with Gasteiger partial charge in [0.2, 0.25) is 0 Å². The van der Waals surface area contributed by atoms with E-state index in [9.17, 15) is 0 Å². The van der Waals surface area contributed by atoms with Crippen molar-refractivity contribution < 1.29 is 23.7 Å². The third-order valence-corrected chi connectivity index (χ3v) is 6.11. The number of benzene rings is 1. The van der Waals surface area contributed by atoms with E-state index >= 15 is 0 Å². The van der Waals surface area contributed by atoms with Crippen LogP contribution in [0.15, 0.2) is 24.3 Å². The van der Waals surface area contributed by atoms with Crippen molar-refractivity contribution >= 4 is 0 Å². The molecule has 1 aromatic carbocycles. The molecule has 0 aliphatic heterocycles.